The highest BCUT2D eigenvalue weighted by Gasteiger charge is 2.25. The molecule has 1 saturated carbocycles. The van der Waals surface area contributed by atoms with Crippen LogP contribution in [0.1, 0.15) is 41.9 Å². The Balaban J connectivity index is 1.71. The van der Waals surface area contributed by atoms with Gasteiger partial charge in [-0.15, -0.1) is 0 Å². The molecule has 3 aromatic rings. The Hall–Kier alpha value is -2.82. The van der Waals surface area contributed by atoms with E-state index in [1.165, 1.54) is 24.9 Å². The first kappa shape index (κ1) is 17.6. The van der Waals surface area contributed by atoms with Gasteiger partial charge < -0.3 is 5.73 Å². The minimum Gasteiger partial charge on any atom is -0.382 e. The lowest BCUT2D eigenvalue weighted by Crippen LogP contribution is -2.14. The second-order valence-corrected chi connectivity index (χ2v) is 7.04. The van der Waals surface area contributed by atoms with Gasteiger partial charge in [0.1, 0.15) is 17.5 Å². The zero-order valence-electron chi connectivity index (χ0n) is 15.0. The SMILES string of the molecule is Nc1cnc(-c2ccc(C3CCC3)c(CCc3ccccc3F)c2F)cn1. The third kappa shape index (κ3) is 3.54. The summed E-state index contributed by atoms with van der Waals surface area (Å²) in [5, 5.41) is 0. The van der Waals surface area contributed by atoms with E-state index in [0.29, 0.717) is 47.0 Å². The van der Waals surface area contributed by atoms with Gasteiger partial charge in [0.15, 0.2) is 0 Å². The van der Waals surface area contributed by atoms with E-state index < -0.39 is 0 Å². The van der Waals surface area contributed by atoms with E-state index in [9.17, 15) is 4.39 Å². The average molecular weight is 365 g/mol. The van der Waals surface area contributed by atoms with E-state index in [1.807, 2.05) is 12.1 Å². The fourth-order valence-corrected chi connectivity index (χ4v) is 3.63. The molecular weight excluding hydrogens is 344 g/mol. The smallest absolute Gasteiger partial charge is 0.141 e. The van der Waals surface area contributed by atoms with Crippen molar-refractivity contribution < 1.29 is 8.78 Å². The largest absolute Gasteiger partial charge is 0.382 e. The number of aromatic nitrogens is 2. The standard InChI is InChI=1S/C22H21F2N3/c23-19-7-2-1-4-15(19)8-9-17-16(14-5-3-6-14)10-11-18(22(17)24)20-12-27-21(25)13-26-20/h1-2,4,7,10-14H,3,5-6,8-9H2,(H2,25,27). The Morgan fingerprint density at radius 3 is 2.44 bits per heavy atom. The summed E-state index contributed by atoms with van der Waals surface area (Å²) in [5.41, 5.74) is 8.76. The Bertz CT molecular complexity index is 950. The molecule has 27 heavy (non-hydrogen) atoms. The molecule has 0 saturated heterocycles. The Morgan fingerprint density at radius 1 is 0.963 bits per heavy atom. The van der Waals surface area contributed by atoms with Gasteiger partial charge in [0, 0.05) is 5.56 Å². The lowest BCUT2D eigenvalue weighted by Gasteiger charge is -2.29. The van der Waals surface area contributed by atoms with Gasteiger partial charge in [0.25, 0.3) is 0 Å². The maximum atomic E-state index is 15.5. The van der Waals surface area contributed by atoms with Crippen LogP contribution >= 0.6 is 0 Å². The molecule has 2 N–H and O–H groups in total. The van der Waals surface area contributed by atoms with Crippen LogP contribution in [0.3, 0.4) is 0 Å². The molecule has 0 bridgehead atoms. The number of nitrogens with two attached hydrogens (primary N) is 1. The van der Waals surface area contributed by atoms with Crippen LogP contribution in [0.15, 0.2) is 48.8 Å². The van der Waals surface area contributed by atoms with Gasteiger partial charge in [-0.2, -0.15) is 0 Å². The Morgan fingerprint density at radius 2 is 1.78 bits per heavy atom. The molecule has 1 heterocycles. The summed E-state index contributed by atoms with van der Waals surface area (Å²) in [6.07, 6.45) is 7.14. The average Bonchev–Trinajstić information content (AvgIpc) is 2.62. The lowest BCUT2D eigenvalue weighted by molar-refractivity contribution is 0.414. The summed E-state index contributed by atoms with van der Waals surface area (Å²) in [4.78, 5) is 8.22. The fraction of sp³-hybridized carbons (Fsp3) is 0.273. The molecule has 4 rings (SSSR count). The zero-order chi connectivity index (χ0) is 18.8. The van der Waals surface area contributed by atoms with E-state index in [4.69, 9.17) is 5.73 Å². The van der Waals surface area contributed by atoms with Crippen molar-refractivity contribution in [2.24, 2.45) is 0 Å². The Labute approximate surface area is 157 Å². The van der Waals surface area contributed by atoms with Crippen molar-refractivity contribution in [3.05, 3.63) is 77.1 Å². The molecule has 0 atom stereocenters. The van der Waals surface area contributed by atoms with Crippen molar-refractivity contribution in [1.29, 1.82) is 0 Å². The highest BCUT2D eigenvalue weighted by molar-refractivity contribution is 5.62. The van der Waals surface area contributed by atoms with Crippen LogP contribution in [-0.4, -0.2) is 9.97 Å². The second kappa shape index (κ2) is 7.43. The summed E-state index contributed by atoms with van der Waals surface area (Å²) in [6.45, 7) is 0. The number of rotatable bonds is 5. The normalized spacial score (nSPS) is 14.1. The number of nitrogen functional groups attached to an aromatic ring is 1. The predicted octanol–water partition coefficient (Wildman–Crippen LogP) is 5.06. The van der Waals surface area contributed by atoms with Gasteiger partial charge in [-0.25, -0.2) is 13.8 Å². The van der Waals surface area contributed by atoms with E-state index in [-0.39, 0.29) is 11.6 Å². The number of aryl methyl sites for hydroxylation is 1. The van der Waals surface area contributed by atoms with Crippen LogP contribution in [0, 0.1) is 11.6 Å². The highest BCUT2D eigenvalue weighted by Crippen LogP contribution is 2.40. The molecule has 1 aliphatic rings. The summed E-state index contributed by atoms with van der Waals surface area (Å²) < 4.78 is 29.4. The first-order chi connectivity index (χ1) is 13.1. The first-order valence-corrected chi connectivity index (χ1v) is 9.26. The summed E-state index contributed by atoms with van der Waals surface area (Å²) in [6, 6.07) is 10.4. The molecule has 0 unspecified atom stereocenters. The van der Waals surface area contributed by atoms with Crippen molar-refractivity contribution in [2.45, 2.75) is 38.0 Å². The predicted molar refractivity (Wildman–Crippen MR) is 102 cm³/mol. The molecule has 1 fully saturated rings. The minimum atomic E-state index is -0.283. The molecule has 0 spiro atoms. The molecule has 0 amide bonds. The van der Waals surface area contributed by atoms with Crippen LogP contribution in [0.5, 0.6) is 0 Å². The van der Waals surface area contributed by atoms with Crippen molar-refractivity contribution in [2.75, 3.05) is 5.73 Å². The first-order valence-electron chi connectivity index (χ1n) is 9.26. The number of halogens is 2. The third-order valence-corrected chi connectivity index (χ3v) is 5.37. The van der Waals surface area contributed by atoms with Gasteiger partial charge in [0.05, 0.1) is 18.1 Å². The van der Waals surface area contributed by atoms with Gasteiger partial charge in [-0.1, -0.05) is 30.7 Å². The van der Waals surface area contributed by atoms with Gasteiger partial charge >= 0.3 is 0 Å². The Kier molecular flexibility index (Phi) is 4.84. The van der Waals surface area contributed by atoms with Crippen LogP contribution < -0.4 is 5.73 Å². The molecule has 1 aromatic heterocycles. The second-order valence-electron chi connectivity index (χ2n) is 7.04. The number of hydrogen-bond donors (Lipinski definition) is 1. The minimum absolute atomic E-state index is 0.247. The van der Waals surface area contributed by atoms with Crippen molar-refractivity contribution in [3.63, 3.8) is 0 Å². The molecule has 0 radical (unpaired) electrons. The van der Waals surface area contributed by atoms with Crippen LogP contribution in [0.4, 0.5) is 14.6 Å². The monoisotopic (exact) mass is 365 g/mol. The van der Waals surface area contributed by atoms with E-state index in [1.54, 1.807) is 18.2 Å². The topological polar surface area (TPSA) is 51.8 Å². The van der Waals surface area contributed by atoms with Crippen molar-refractivity contribution >= 4 is 5.82 Å². The maximum Gasteiger partial charge on any atom is 0.141 e. The zero-order valence-corrected chi connectivity index (χ0v) is 15.0. The summed E-state index contributed by atoms with van der Waals surface area (Å²) >= 11 is 0. The van der Waals surface area contributed by atoms with Gasteiger partial charge in [-0.05, 0) is 60.4 Å². The van der Waals surface area contributed by atoms with Crippen LogP contribution in [-0.2, 0) is 12.8 Å². The van der Waals surface area contributed by atoms with Crippen LogP contribution in [0.25, 0.3) is 11.3 Å². The van der Waals surface area contributed by atoms with Crippen molar-refractivity contribution in [3.8, 4) is 11.3 Å². The highest BCUT2D eigenvalue weighted by atomic mass is 19.1. The van der Waals surface area contributed by atoms with Crippen LogP contribution in [0.2, 0.25) is 0 Å². The van der Waals surface area contributed by atoms with Gasteiger partial charge in [0.2, 0.25) is 0 Å². The molecule has 2 aromatic carbocycles. The summed E-state index contributed by atoms with van der Waals surface area (Å²) in [5.74, 6) is 0.158. The molecular formula is C22H21F2N3. The van der Waals surface area contributed by atoms with E-state index in [0.717, 1.165) is 18.4 Å². The van der Waals surface area contributed by atoms with Gasteiger partial charge in [-0.3, -0.25) is 4.98 Å². The van der Waals surface area contributed by atoms with Crippen molar-refractivity contribution in [1.82, 2.24) is 9.97 Å². The number of nitrogens with zero attached hydrogens (tertiary/aromatic N) is 2. The number of benzene rings is 2. The molecule has 0 aliphatic heterocycles. The number of anilines is 1. The molecule has 5 heteroatoms. The fourth-order valence-electron chi connectivity index (χ4n) is 3.63. The molecule has 138 valence electrons. The van der Waals surface area contributed by atoms with E-state index in [2.05, 4.69) is 9.97 Å². The maximum absolute atomic E-state index is 15.5. The number of hydrogen-bond acceptors (Lipinski definition) is 3. The lowest BCUT2D eigenvalue weighted by atomic mass is 9.77. The quantitative estimate of drug-likeness (QED) is 0.688. The summed E-state index contributed by atoms with van der Waals surface area (Å²) in [7, 11) is 0. The van der Waals surface area contributed by atoms with E-state index >= 15 is 4.39 Å². The third-order valence-electron chi connectivity index (χ3n) is 5.37. The molecule has 1 aliphatic carbocycles. The molecule has 3 nitrogen and oxygen atoms in total.